The van der Waals surface area contributed by atoms with Crippen LogP contribution in [0.15, 0.2) is 17.0 Å². The van der Waals surface area contributed by atoms with Gasteiger partial charge in [-0.2, -0.15) is 0 Å². The third-order valence-corrected chi connectivity index (χ3v) is 5.51. The lowest BCUT2D eigenvalue weighted by Crippen LogP contribution is -2.24. The van der Waals surface area contributed by atoms with Crippen LogP contribution in [0.2, 0.25) is 10.0 Å². The normalized spacial score (nSPS) is 11.6. The topological polar surface area (TPSA) is 83.5 Å². The molecule has 0 amide bonds. The first-order chi connectivity index (χ1) is 9.75. The van der Waals surface area contributed by atoms with Gasteiger partial charge >= 0.3 is 5.97 Å². The van der Waals surface area contributed by atoms with Gasteiger partial charge in [0.05, 0.1) is 9.92 Å². The Morgan fingerprint density at radius 1 is 1.29 bits per heavy atom. The number of aliphatic carboxylic acids is 1. The summed E-state index contributed by atoms with van der Waals surface area (Å²) in [6.45, 7) is 2.08. The molecule has 0 spiro atoms. The lowest BCUT2D eigenvalue weighted by Gasteiger charge is -2.10. The summed E-state index contributed by atoms with van der Waals surface area (Å²) in [6.07, 6.45) is 1.18. The quantitative estimate of drug-likeness (QED) is 0.702. The van der Waals surface area contributed by atoms with E-state index in [-0.39, 0.29) is 22.2 Å². The van der Waals surface area contributed by atoms with Crippen LogP contribution in [-0.2, 0) is 14.6 Å². The molecule has 0 bridgehead atoms. The van der Waals surface area contributed by atoms with Gasteiger partial charge in [0.15, 0.2) is 9.84 Å². The highest BCUT2D eigenvalue weighted by molar-refractivity contribution is 7.91. The first kappa shape index (κ1) is 18.2. The number of rotatable bonds is 8. The highest BCUT2D eigenvalue weighted by Crippen LogP contribution is 2.30. The SMILES string of the molecule is Cc1c(Cl)ccc(S(=O)(=O)CNCCCCC(=O)O)c1Cl. The molecule has 5 nitrogen and oxygen atoms in total. The minimum atomic E-state index is -3.55. The average Bonchev–Trinajstić information content (AvgIpc) is 2.39. The Hall–Kier alpha value is -0.820. The molecule has 0 heterocycles. The molecule has 8 heteroatoms. The number of halogens is 2. The lowest BCUT2D eigenvalue weighted by molar-refractivity contribution is -0.137. The molecule has 0 aliphatic rings. The van der Waals surface area contributed by atoms with Crippen molar-refractivity contribution in [2.75, 3.05) is 12.4 Å². The van der Waals surface area contributed by atoms with Crippen molar-refractivity contribution in [1.29, 1.82) is 0 Å². The third kappa shape index (κ3) is 5.47. The molecule has 0 aromatic heterocycles. The highest BCUT2D eigenvalue weighted by Gasteiger charge is 2.19. The van der Waals surface area contributed by atoms with E-state index in [0.29, 0.717) is 30.0 Å². The fourth-order valence-electron chi connectivity index (χ4n) is 1.69. The van der Waals surface area contributed by atoms with Gasteiger partial charge in [0.25, 0.3) is 0 Å². The number of sulfone groups is 1. The van der Waals surface area contributed by atoms with E-state index in [9.17, 15) is 13.2 Å². The Labute approximate surface area is 134 Å². The smallest absolute Gasteiger partial charge is 0.303 e. The number of carbonyl (C=O) groups is 1. The number of hydrogen-bond acceptors (Lipinski definition) is 4. The maximum Gasteiger partial charge on any atom is 0.303 e. The molecule has 0 unspecified atom stereocenters. The predicted octanol–water partition coefficient (Wildman–Crippen LogP) is 2.88. The predicted molar refractivity (Wildman–Crippen MR) is 82.7 cm³/mol. The second-order valence-corrected chi connectivity index (χ2v) is 7.34. The van der Waals surface area contributed by atoms with E-state index < -0.39 is 15.8 Å². The first-order valence-corrected chi connectivity index (χ1v) is 8.76. The summed E-state index contributed by atoms with van der Waals surface area (Å²) in [5, 5.41) is 11.8. The summed E-state index contributed by atoms with van der Waals surface area (Å²) in [7, 11) is -3.55. The van der Waals surface area contributed by atoms with Crippen LogP contribution >= 0.6 is 23.2 Å². The molecule has 2 N–H and O–H groups in total. The maximum atomic E-state index is 12.2. The van der Waals surface area contributed by atoms with Gasteiger partial charge in [0, 0.05) is 11.4 Å². The fraction of sp³-hybridized carbons (Fsp3) is 0.462. The molecule has 0 fully saturated rings. The van der Waals surface area contributed by atoms with Gasteiger partial charge in [-0.15, -0.1) is 0 Å². The van der Waals surface area contributed by atoms with Crippen LogP contribution in [0.3, 0.4) is 0 Å². The van der Waals surface area contributed by atoms with E-state index in [0.717, 1.165) is 0 Å². The fourth-order valence-corrected chi connectivity index (χ4v) is 3.68. The van der Waals surface area contributed by atoms with E-state index in [1.54, 1.807) is 6.92 Å². The number of hydrogen-bond donors (Lipinski definition) is 2. The number of carboxylic acid groups (broad SMARTS) is 1. The minimum Gasteiger partial charge on any atom is -0.481 e. The largest absolute Gasteiger partial charge is 0.481 e. The van der Waals surface area contributed by atoms with Crippen LogP contribution in [0.1, 0.15) is 24.8 Å². The zero-order chi connectivity index (χ0) is 16.0. The second kappa shape index (κ2) is 7.98. The molecule has 21 heavy (non-hydrogen) atoms. The summed E-state index contributed by atoms with van der Waals surface area (Å²) >= 11 is 11.9. The summed E-state index contributed by atoms with van der Waals surface area (Å²) in [5.41, 5.74) is 0.529. The average molecular weight is 354 g/mol. The van der Waals surface area contributed by atoms with Crippen molar-refractivity contribution in [1.82, 2.24) is 5.32 Å². The molecule has 0 saturated carbocycles. The van der Waals surface area contributed by atoms with Gasteiger partial charge in [0.1, 0.15) is 5.88 Å². The Bertz CT molecular complexity index is 617. The summed E-state index contributed by atoms with van der Waals surface area (Å²) in [4.78, 5) is 10.4. The molecule has 1 aromatic carbocycles. The van der Waals surface area contributed by atoms with Gasteiger partial charge in [-0.1, -0.05) is 23.2 Å². The zero-order valence-electron chi connectivity index (χ0n) is 11.5. The number of benzene rings is 1. The third-order valence-electron chi connectivity index (χ3n) is 2.91. The highest BCUT2D eigenvalue weighted by atomic mass is 35.5. The molecule has 0 saturated heterocycles. The van der Waals surface area contributed by atoms with Crippen molar-refractivity contribution in [3.63, 3.8) is 0 Å². The molecule has 0 atom stereocenters. The van der Waals surface area contributed by atoms with Crippen molar-refractivity contribution in [3.8, 4) is 0 Å². The van der Waals surface area contributed by atoms with E-state index in [1.165, 1.54) is 12.1 Å². The molecular formula is C13H17Cl2NO4S. The Morgan fingerprint density at radius 3 is 2.57 bits per heavy atom. The molecular weight excluding hydrogens is 337 g/mol. The first-order valence-electron chi connectivity index (χ1n) is 6.35. The van der Waals surface area contributed by atoms with E-state index in [1.807, 2.05) is 0 Å². The number of nitrogens with one attached hydrogen (secondary N) is 1. The van der Waals surface area contributed by atoms with Crippen molar-refractivity contribution < 1.29 is 18.3 Å². The maximum absolute atomic E-state index is 12.2. The van der Waals surface area contributed by atoms with Crippen LogP contribution in [0, 0.1) is 6.92 Å². The summed E-state index contributed by atoms with van der Waals surface area (Å²) in [6, 6.07) is 2.89. The van der Waals surface area contributed by atoms with Crippen LogP contribution < -0.4 is 5.32 Å². The van der Waals surface area contributed by atoms with Gasteiger partial charge in [-0.3, -0.25) is 4.79 Å². The summed E-state index contributed by atoms with van der Waals surface area (Å²) < 4.78 is 24.3. The van der Waals surface area contributed by atoms with Gasteiger partial charge < -0.3 is 10.4 Å². The van der Waals surface area contributed by atoms with Crippen LogP contribution in [0.5, 0.6) is 0 Å². The van der Waals surface area contributed by atoms with Crippen molar-refractivity contribution in [3.05, 3.63) is 27.7 Å². The van der Waals surface area contributed by atoms with E-state index in [2.05, 4.69) is 5.32 Å². The van der Waals surface area contributed by atoms with Crippen LogP contribution in [0.25, 0.3) is 0 Å². The molecule has 0 aliphatic carbocycles. The van der Waals surface area contributed by atoms with Crippen molar-refractivity contribution in [2.24, 2.45) is 0 Å². The standard InChI is InChI=1S/C13H17Cl2NO4S/c1-9-10(14)5-6-11(13(9)15)21(19,20)8-16-7-3-2-4-12(17)18/h5-6,16H,2-4,7-8H2,1H3,(H,17,18). The van der Waals surface area contributed by atoms with Crippen LogP contribution in [0.4, 0.5) is 0 Å². The Balaban J connectivity index is 2.59. The monoisotopic (exact) mass is 353 g/mol. The van der Waals surface area contributed by atoms with Gasteiger partial charge in [-0.05, 0) is 44.0 Å². The minimum absolute atomic E-state index is 0.0455. The molecule has 118 valence electrons. The lowest BCUT2D eigenvalue weighted by atomic mass is 10.2. The Kier molecular flexibility index (Phi) is 6.93. The molecule has 1 aromatic rings. The van der Waals surface area contributed by atoms with Crippen LogP contribution in [-0.4, -0.2) is 31.9 Å². The number of unbranched alkanes of at least 4 members (excludes halogenated alkanes) is 1. The van der Waals surface area contributed by atoms with Crippen molar-refractivity contribution in [2.45, 2.75) is 31.1 Å². The zero-order valence-corrected chi connectivity index (χ0v) is 13.9. The molecule has 0 radical (unpaired) electrons. The molecule has 0 aliphatic heterocycles. The van der Waals surface area contributed by atoms with E-state index >= 15 is 0 Å². The van der Waals surface area contributed by atoms with Crippen molar-refractivity contribution >= 4 is 39.0 Å². The second-order valence-electron chi connectivity index (χ2n) is 4.59. The van der Waals surface area contributed by atoms with Gasteiger partial charge in [0.2, 0.25) is 0 Å². The molecule has 1 rings (SSSR count). The number of carboxylic acids is 1. The van der Waals surface area contributed by atoms with E-state index in [4.69, 9.17) is 28.3 Å². The summed E-state index contributed by atoms with van der Waals surface area (Å²) in [5.74, 6) is -1.10. The van der Waals surface area contributed by atoms with Gasteiger partial charge in [-0.25, -0.2) is 8.42 Å². The Morgan fingerprint density at radius 2 is 1.95 bits per heavy atom.